The second kappa shape index (κ2) is 20.2. The molecule has 11 aromatic carbocycles. The molecular formula is C74H54N4. The van der Waals surface area contributed by atoms with Gasteiger partial charge in [0.2, 0.25) is 0 Å². The van der Waals surface area contributed by atoms with Gasteiger partial charge in [-0.1, -0.05) is 200 Å². The van der Waals surface area contributed by atoms with Crippen LogP contribution in [0.5, 0.6) is 0 Å². The molecule has 0 saturated heterocycles. The summed E-state index contributed by atoms with van der Waals surface area (Å²) in [6.07, 6.45) is 13.4. The van der Waals surface area contributed by atoms with Gasteiger partial charge in [-0.25, -0.2) is 0 Å². The normalized spacial score (nSPS) is 14.5. The average Bonchev–Trinajstić information content (AvgIpc) is 4.18. The zero-order valence-corrected chi connectivity index (χ0v) is 43.0. The van der Waals surface area contributed by atoms with Crippen LogP contribution in [-0.2, 0) is 0 Å². The molecule has 4 heteroatoms. The zero-order valence-electron chi connectivity index (χ0n) is 43.0. The molecule has 0 spiro atoms. The molecule has 0 bridgehead atoms. The Hall–Kier alpha value is -10.2. The molecule has 0 saturated carbocycles. The highest BCUT2D eigenvalue weighted by Crippen LogP contribution is 2.48. The number of rotatable bonds is 12. The fraction of sp³-hybridized carbons (Fsp3) is 0.0270. The molecule has 1 aromatic heterocycles. The maximum atomic E-state index is 2.49. The number of para-hydroxylation sites is 3. The van der Waals surface area contributed by atoms with E-state index in [4.69, 9.17) is 0 Å². The molecule has 2 unspecified atom stereocenters. The van der Waals surface area contributed by atoms with Gasteiger partial charge in [0.25, 0.3) is 0 Å². The molecule has 0 radical (unpaired) electrons. The third-order valence-corrected chi connectivity index (χ3v) is 15.5. The van der Waals surface area contributed by atoms with Gasteiger partial charge in [0, 0.05) is 67.9 Å². The van der Waals surface area contributed by atoms with Gasteiger partial charge in [-0.3, -0.25) is 0 Å². The minimum absolute atomic E-state index is 0.249. The first-order valence-corrected chi connectivity index (χ1v) is 26.9. The zero-order chi connectivity index (χ0) is 51.8. The number of allylic oxidation sites excluding steroid dienone is 2. The van der Waals surface area contributed by atoms with E-state index >= 15 is 0 Å². The SMILES string of the molecule is C1=CC2c3ccccc3N(c3ccc(N(c4ccc(/C=C/c5ccc(N(c6ccc(-c7ccccc7)cc6)c6ccc(-n7c8ccccc8c8ccccc87)cc6)cc5)cc4)c4ccc(-c5ccccc5)cc4)cc3)C2C=C1. The van der Waals surface area contributed by atoms with Gasteiger partial charge in [0.1, 0.15) is 0 Å². The van der Waals surface area contributed by atoms with Crippen molar-refractivity contribution in [2.75, 3.05) is 14.7 Å². The molecule has 2 heterocycles. The van der Waals surface area contributed by atoms with Gasteiger partial charge in [0.15, 0.2) is 0 Å². The van der Waals surface area contributed by atoms with E-state index in [1.807, 2.05) is 0 Å². The molecule has 1 aliphatic carbocycles. The monoisotopic (exact) mass is 998 g/mol. The minimum Gasteiger partial charge on any atom is -0.333 e. The average molecular weight is 999 g/mol. The van der Waals surface area contributed by atoms with Gasteiger partial charge >= 0.3 is 0 Å². The molecule has 14 rings (SSSR count). The van der Waals surface area contributed by atoms with E-state index in [1.54, 1.807) is 0 Å². The van der Waals surface area contributed by atoms with E-state index in [9.17, 15) is 0 Å². The Morgan fingerprint density at radius 2 is 0.679 bits per heavy atom. The molecule has 0 N–H and O–H groups in total. The Balaban J connectivity index is 0.752. The quantitative estimate of drug-likeness (QED) is 0.113. The summed E-state index contributed by atoms with van der Waals surface area (Å²) in [5.41, 5.74) is 20.9. The van der Waals surface area contributed by atoms with Gasteiger partial charge in [-0.05, 0) is 154 Å². The summed E-state index contributed by atoms with van der Waals surface area (Å²) in [7, 11) is 0. The molecule has 12 aromatic rings. The molecule has 370 valence electrons. The molecule has 0 fully saturated rings. The maximum Gasteiger partial charge on any atom is 0.0629 e. The van der Waals surface area contributed by atoms with Crippen molar-refractivity contribution in [3.8, 4) is 27.9 Å². The number of benzene rings is 11. The number of anilines is 8. The van der Waals surface area contributed by atoms with Crippen LogP contribution in [0.25, 0.3) is 61.9 Å². The van der Waals surface area contributed by atoms with E-state index in [2.05, 4.69) is 335 Å². The lowest BCUT2D eigenvalue weighted by molar-refractivity contribution is 0.745. The van der Waals surface area contributed by atoms with Crippen LogP contribution in [0.15, 0.2) is 303 Å². The van der Waals surface area contributed by atoms with Crippen molar-refractivity contribution in [3.05, 3.63) is 320 Å². The van der Waals surface area contributed by atoms with Crippen molar-refractivity contribution < 1.29 is 0 Å². The van der Waals surface area contributed by atoms with Crippen molar-refractivity contribution in [1.29, 1.82) is 0 Å². The van der Waals surface area contributed by atoms with E-state index < -0.39 is 0 Å². The first-order chi connectivity index (χ1) is 38.7. The molecule has 1 aliphatic heterocycles. The number of hydrogen-bond acceptors (Lipinski definition) is 3. The van der Waals surface area contributed by atoms with E-state index in [0.717, 1.165) is 50.9 Å². The molecule has 4 nitrogen and oxygen atoms in total. The highest BCUT2D eigenvalue weighted by molar-refractivity contribution is 6.09. The minimum atomic E-state index is 0.249. The number of nitrogens with zero attached hydrogens (tertiary/aromatic N) is 4. The first-order valence-electron chi connectivity index (χ1n) is 26.9. The Kier molecular flexibility index (Phi) is 12.0. The summed E-state index contributed by atoms with van der Waals surface area (Å²) in [5, 5.41) is 2.51. The Labute approximate surface area is 456 Å². The third kappa shape index (κ3) is 8.65. The first kappa shape index (κ1) is 46.4. The van der Waals surface area contributed by atoms with Crippen molar-refractivity contribution in [2.24, 2.45) is 0 Å². The second-order valence-electron chi connectivity index (χ2n) is 20.1. The fourth-order valence-electron chi connectivity index (χ4n) is 11.7. The Bertz CT molecular complexity index is 4100. The lowest BCUT2D eigenvalue weighted by atomic mass is 9.91. The summed E-state index contributed by atoms with van der Waals surface area (Å²) in [5.74, 6) is 0.339. The predicted molar refractivity (Wildman–Crippen MR) is 330 cm³/mol. The third-order valence-electron chi connectivity index (χ3n) is 15.5. The summed E-state index contributed by atoms with van der Waals surface area (Å²) < 4.78 is 2.37. The molecular weight excluding hydrogens is 945 g/mol. The standard InChI is InChI=1S/C74H54N4/c1-3-15-55(16-4-1)57-33-41-61(42-34-57)75(63-45-49-65(50-46-63)77-71-23-11-7-19-67(71)68-20-8-12-24-72(68)77)59-37-29-53(30-38-59)27-28-54-31-39-60(40-32-54)76(62-43-35-58(36-44-62)56-17-5-2-6-18-56)64-47-51-66(52-48-64)78-73-25-13-9-21-69(73)70-22-10-14-26-74(70)78/h1-52,67,71H/b28-27+. The van der Waals surface area contributed by atoms with Crippen molar-refractivity contribution in [2.45, 2.75) is 12.0 Å². The summed E-state index contributed by atoms with van der Waals surface area (Å²) in [4.78, 5) is 7.19. The van der Waals surface area contributed by atoms with E-state index in [-0.39, 0.29) is 6.04 Å². The lowest BCUT2D eigenvalue weighted by Gasteiger charge is -2.30. The number of aromatic nitrogens is 1. The Morgan fingerprint density at radius 1 is 0.308 bits per heavy atom. The van der Waals surface area contributed by atoms with Crippen LogP contribution < -0.4 is 14.7 Å². The van der Waals surface area contributed by atoms with Crippen molar-refractivity contribution in [1.82, 2.24) is 4.57 Å². The number of fused-ring (bicyclic) bond motifs is 6. The van der Waals surface area contributed by atoms with Gasteiger partial charge < -0.3 is 19.3 Å². The molecule has 2 aliphatic rings. The van der Waals surface area contributed by atoms with Crippen LogP contribution in [0, 0.1) is 0 Å². The van der Waals surface area contributed by atoms with Crippen LogP contribution in [0.3, 0.4) is 0 Å². The summed E-state index contributed by atoms with van der Waals surface area (Å²) >= 11 is 0. The number of hydrogen-bond donors (Lipinski definition) is 0. The summed E-state index contributed by atoms with van der Waals surface area (Å²) in [6, 6.07) is 101. The molecule has 2 atom stereocenters. The lowest BCUT2D eigenvalue weighted by Crippen LogP contribution is -2.28. The maximum absolute atomic E-state index is 2.49. The van der Waals surface area contributed by atoms with E-state index in [1.165, 1.54) is 61.0 Å². The van der Waals surface area contributed by atoms with Crippen LogP contribution >= 0.6 is 0 Å². The van der Waals surface area contributed by atoms with E-state index in [0.29, 0.717) is 5.92 Å². The largest absolute Gasteiger partial charge is 0.333 e. The fourth-order valence-corrected chi connectivity index (χ4v) is 11.7. The van der Waals surface area contributed by atoms with Gasteiger partial charge in [-0.15, -0.1) is 0 Å². The van der Waals surface area contributed by atoms with Crippen LogP contribution in [0.1, 0.15) is 22.6 Å². The predicted octanol–water partition coefficient (Wildman–Crippen LogP) is 20.0. The summed E-state index contributed by atoms with van der Waals surface area (Å²) in [6.45, 7) is 0. The Morgan fingerprint density at radius 3 is 1.17 bits per heavy atom. The molecule has 78 heavy (non-hydrogen) atoms. The topological polar surface area (TPSA) is 14.7 Å². The van der Waals surface area contributed by atoms with Crippen molar-refractivity contribution >= 4 is 79.5 Å². The van der Waals surface area contributed by atoms with Crippen molar-refractivity contribution in [3.63, 3.8) is 0 Å². The highest BCUT2D eigenvalue weighted by atomic mass is 15.2. The second-order valence-corrected chi connectivity index (χ2v) is 20.1. The van der Waals surface area contributed by atoms with Crippen LogP contribution in [0.2, 0.25) is 0 Å². The van der Waals surface area contributed by atoms with Crippen LogP contribution in [0.4, 0.5) is 45.5 Å². The van der Waals surface area contributed by atoms with Gasteiger partial charge in [0.05, 0.1) is 17.1 Å². The smallest absolute Gasteiger partial charge is 0.0629 e. The molecule has 0 amide bonds. The van der Waals surface area contributed by atoms with Crippen LogP contribution in [-0.4, -0.2) is 10.6 Å². The highest BCUT2D eigenvalue weighted by Gasteiger charge is 2.37. The van der Waals surface area contributed by atoms with Gasteiger partial charge in [-0.2, -0.15) is 0 Å².